The number of hydrogen-bond donors (Lipinski definition) is 0. The molecule has 2 fully saturated rings. The van der Waals surface area contributed by atoms with E-state index in [9.17, 15) is 4.79 Å². The number of carbonyl (C=O) groups is 1. The van der Waals surface area contributed by atoms with Gasteiger partial charge in [0, 0.05) is 18.5 Å². The van der Waals surface area contributed by atoms with E-state index >= 15 is 0 Å². The molecule has 1 aliphatic carbocycles. The Bertz CT molecular complexity index is 224. The molecular formula is C11H19NO. The van der Waals surface area contributed by atoms with Crippen LogP contribution in [-0.2, 0) is 4.79 Å². The van der Waals surface area contributed by atoms with Gasteiger partial charge in [0.15, 0.2) is 0 Å². The third-order valence-electron chi connectivity index (χ3n) is 3.66. The molecule has 2 nitrogen and oxygen atoms in total. The maximum atomic E-state index is 11.8. The molecule has 0 N–H and O–H groups in total. The molecule has 74 valence electrons. The number of rotatable bonds is 2. The molecule has 1 aliphatic heterocycles. The molecule has 0 radical (unpaired) electrons. The Balaban J connectivity index is 1.83. The molecule has 2 heteroatoms. The Morgan fingerprint density at radius 3 is 2.31 bits per heavy atom. The molecule has 2 aliphatic rings. The Hall–Kier alpha value is -0.530. The number of hydrogen-bond acceptors (Lipinski definition) is 1. The van der Waals surface area contributed by atoms with Gasteiger partial charge in [0.1, 0.15) is 0 Å². The molecular weight excluding hydrogens is 162 g/mol. The highest BCUT2D eigenvalue weighted by atomic mass is 16.2. The molecule has 1 amide bonds. The van der Waals surface area contributed by atoms with Crippen molar-refractivity contribution < 1.29 is 4.79 Å². The van der Waals surface area contributed by atoms with Crippen molar-refractivity contribution in [2.75, 3.05) is 13.1 Å². The van der Waals surface area contributed by atoms with Crippen molar-refractivity contribution in [3.63, 3.8) is 0 Å². The van der Waals surface area contributed by atoms with E-state index in [0.29, 0.717) is 5.91 Å². The van der Waals surface area contributed by atoms with Crippen LogP contribution in [-0.4, -0.2) is 23.9 Å². The summed E-state index contributed by atoms with van der Waals surface area (Å²) < 4.78 is 0. The normalized spacial score (nSPS) is 26.0. The fourth-order valence-corrected chi connectivity index (χ4v) is 1.88. The maximum absolute atomic E-state index is 11.8. The van der Waals surface area contributed by atoms with Crippen molar-refractivity contribution in [3.8, 4) is 0 Å². The second-order valence-corrected chi connectivity index (χ2v) is 5.27. The van der Waals surface area contributed by atoms with E-state index in [0.717, 1.165) is 37.8 Å². The zero-order valence-electron chi connectivity index (χ0n) is 8.84. The van der Waals surface area contributed by atoms with Gasteiger partial charge in [-0.05, 0) is 24.7 Å². The molecule has 0 bridgehead atoms. The van der Waals surface area contributed by atoms with Crippen molar-refractivity contribution in [2.24, 2.45) is 17.3 Å². The van der Waals surface area contributed by atoms with Crippen LogP contribution >= 0.6 is 0 Å². The molecule has 1 saturated heterocycles. The average molecular weight is 181 g/mol. The van der Waals surface area contributed by atoms with Crippen LogP contribution in [0.15, 0.2) is 0 Å². The summed E-state index contributed by atoms with van der Waals surface area (Å²) in [5.41, 5.74) is 0.0436. The lowest BCUT2D eigenvalue weighted by Gasteiger charge is -2.43. The van der Waals surface area contributed by atoms with Crippen LogP contribution < -0.4 is 0 Å². The first-order chi connectivity index (χ1) is 6.03. The van der Waals surface area contributed by atoms with Crippen LogP contribution in [0, 0.1) is 17.3 Å². The molecule has 1 saturated carbocycles. The molecule has 0 spiro atoms. The molecule has 2 rings (SSSR count). The highest BCUT2D eigenvalue weighted by molar-refractivity contribution is 5.85. The summed E-state index contributed by atoms with van der Waals surface area (Å²) in [5.74, 6) is 1.90. The molecule has 0 aromatic carbocycles. The molecule has 0 atom stereocenters. The Labute approximate surface area is 80.3 Å². The van der Waals surface area contributed by atoms with Gasteiger partial charge < -0.3 is 4.90 Å². The van der Waals surface area contributed by atoms with Crippen molar-refractivity contribution in [1.82, 2.24) is 4.90 Å². The van der Waals surface area contributed by atoms with Crippen molar-refractivity contribution in [3.05, 3.63) is 0 Å². The molecule has 0 aromatic rings. The van der Waals surface area contributed by atoms with E-state index in [1.165, 1.54) is 0 Å². The molecule has 0 unspecified atom stereocenters. The fraction of sp³-hybridized carbons (Fsp3) is 0.909. The van der Waals surface area contributed by atoms with Crippen LogP contribution in [0.2, 0.25) is 0 Å². The number of nitrogens with zero attached hydrogens (tertiary/aromatic N) is 1. The number of carbonyl (C=O) groups excluding carboxylic acids is 1. The second kappa shape index (κ2) is 2.73. The first-order valence-electron chi connectivity index (χ1n) is 5.32. The monoisotopic (exact) mass is 181 g/mol. The zero-order valence-corrected chi connectivity index (χ0v) is 8.84. The predicted molar refractivity (Wildman–Crippen MR) is 52.2 cm³/mol. The van der Waals surface area contributed by atoms with Gasteiger partial charge >= 0.3 is 0 Å². The minimum absolute atomic E-state index is 0.0436. The largest absolute Gasteiger partial charge is 0.342 e. The van der Waals surface area contributed by atoms with Gasteiger partial charge in [0.05, 0.1) is 0 Å². The van der Waals surface area contributed by atoms with E-state index in [-0.39, 0.29) is 5.41 Å². The average Bonchev–Trinajstić information content (AvgIpc) is 2.64. The van der Waals surface area contributed by atoms with Gasteiger partial charge in [-0.3, -0.25) is 4.79 Å². The van der Waals surface area contributed by atoms with Gasteiger partial charge in [-0.2, -0.15) is 0 Å². The standard InChI is InChI=1S/C11H19NO/c1-8(2)9-6-12(7-9)10(13)11(3)4-5-11/h8-9H,4-7H2,1-3H3. The lowest BCUT2D eigenvalue weighted by Crippen LogP contribution is -2.53. The zero-order chi connectivity index (χ0) is 9.64. The summed E-state index contributed by atoms with van der Waals surface area (Å²) in [6.45, 7) is 8.59. The first kappa shape index (κ1) is 9.04. The van der Waals surface area contributed by atoms with E-state index in [4.69, 9.17) is 0 Å². The van der Waals surface area contributed by atoms with E-state index in [2.05, 4.69) is 20.8 Å². The van der Waals surface area contributed by atoms with Crippen LogP contribution in [0.5, 0.6) is 0 Å². The van der Waals surface area contributed by atoms with Crippen LogP contribution in [0.3, 0.4) is 0 Å². The van der Waals surface area contributed by atoms with Crippen molar-refractivity contribution in [2.45, 2.75) is 33.6 Å². The second-order valence-electron chi connectivity index (χ2n) is 5.27. The Morgan fingerprint density at radius 2 is 1.92 bits per heavy atom. The van der Waals surface area contributed by atoms with Gasteiger partial charge in [0.2, 0.25) is 5.91 Å². The van der Waals surface area contributed by atoms with E-state index in [1.54, 1.807) is 0 Å². The van der Waals surface area contributed by atoms with E-state index < -0.39 is 0 Å². The van der Waals surface area contributed by atoms with Crippen LogP contribution in [0.25, 0.3) is 0 Å². The van der Waals surface area contributed by atoms with Gasteiger partial charge in [-0.25, -0.2) is 0 Å². The smallest absolute Gasteiger partial charge is 0.228 e. The summed E-state index contributed by atoms with van der Waals surface area (Å²) in [6.07, 6.45) is 2.21. The Morgan fingerprint density at radius 1 is 1.38 bits per heavy atom. The summed E-state index contributed by atoms with van der Waals surface area (Å²) in [5, 5.41) is 0. The summed E-state index contributed by atoms with van der Waals surface area (Å²) in [4.78, 5) is 13.8. The third-order valence-corrected chi connectivity index (χ3v) is 3.66. The minimum Gasteiger partial charge on any atom is -0.342 e. The lowest BCUT2D eigenvalue weighted by atomic mass is 9.87. The van der Waals surface area contributed by atoms with Crippen molar-refractivity contribution >= 4 is 5.91 Å². The molecule has 13 heavy (non-hydrogen) atoms. The highest BCUT2D eigenvalue weighted by Crippen LogP contribution is 2.47. The predicted octanol–water partition coefficient (Wildman–Crippen LogP) is 1.90. The lowest BCUT2D eigenvalue weighted by molar-refractivity contribution is -0.143. The quantitative estimate of drug-likeness (QED) is 0.637. The van der Waals surface area contributed by atoms with Gasteiger partial charge in [0.25, 0.3) is 0 Å². The third kappa shape index (κ3) is 1.47. The van der Waals surface area contributed by atoms with Crippen LogP contribution in [0.4, 0.5) is 0 Å². The summed E-state index contributed by atoms with van der Waals surface area (Å²) in [7, 11) is 0. The first-order valence-corrected chi connectivity index (χ1v) is 5.32. The van der Waals surface area contributed by atoms with Gasteiger partial charge in [-0.1, -0.05) is 20.8 Å². The SMILES string of the molecule is CC(C)C1CN(C(=O)C2(C)CC2)C1. The molecule has 0 aromatic heterocycles. The highest BCUT2D eigenvalue weighted by Gasteiger charge is 2.49. The maximum Gasteiger partial charge on any atom is 0.228 e. The summed E-state index contributed by atoms with van der Waals surface area (Å²) >= 11 is 0. The van der Waals surface area contributed by atoms with Crippen molar-refractivity contribution in [1.29, 1.82) is 0 Å². The number of amides is 1. The van der Waals surface area contributed by atoms with Crippen LogP contribution in [0.1, 0.15) is 33.6 Å². The summed E-state index contributed by atoms with van der Waals surface area (Å²) in [6, 6.07) is 0. The van der Waals surface area contributed by atoms with Gasteiger partial charge in [-0.15, -0.1) is 0 Å². The number of likely N-dealkylation sites (tertiary alicyclic amines) is 1. The van der Waals surface area contributed by atoms with E-state index in [1.807, 2.05) is 4.90 Å². The molecule has 1 heterocycles. The Kier molecular flexibility index (Phi) is 1.90. The minimum atomic E-state index is 0.0436. The fourth-order valence-electron chi connectivity index (χ4n) is 1.88. The topological polar surface area (TPSA) is 20.3 Å².